The molecule has 0 fully saturated rings. The Morgan fingerprint density at radius 1 is 1.35 bits per heavy atom. The average Bonchev–Trinajstić information content (AvgIpc) is 2.59. The minimum absolute atomic E-state index is 0.0391. The zero-order valence-electron chi connectivity index (χ0n) is 11.2. The Labute approximate surface area is 106 Å². The van der Waals surface area contributed by atoms with Crippen LogP contribution < -0.4 is 0 Å². The normalized spacial score (nSPS) is 16.9. The molecule has 0 saturated carbocycles. The van der Waals surface area contributed by atoms with Crippen molar-refractivity contribution in [3.8, 4) is 0 Å². The molecule has 0 radical (unpaired) electrons. The van der Waals surface area contributed by atoms with Gasteiger partial charge in [-0.05, 0) is 31.2 Å². The van der Waals surface area contributed by atoms with E-state index < -0.39 is 0 Å². The maximum absolute atomic E-state index is 4.87. The van der Waals surface area contributed by atoms with E-state index >= 15 is 0 Å². The SMILES string of the molecule is Cc1cc2c(cn1)C(N=S(C)C(C)(C)C)=CC2. The fraction of sp³-hybridized carbons (Fsp3) is 0.500. The second-order valence-corrected chi connectivity index (χ2v) is 7.82. The summed E-state index contributed by atoms with van der Waals surface area (Å²) in [5, 5.41) is 0. The molecule has 2 nitrogen and oxygen atoms in total. The molecule has 3 heteroatoms. The molecule has 0 N–H and O–H groups in total. The van der Waals surface area contributed by atoms with Crippen molar-refractivity contribution in [2.75, 3.05) is 6.26 Å². The summed E-state index contributed by atoms with van der Waals surface area (Å²) in [5.74, 6) is 0. The van der Waals surface area contributed by atoms with Gasteiger partial charge in [0.05, 0.1) is 5.70 Å². The van der Waals surface area contributed by atoms with Crippen LogP contribution in [0.4, 0.5) is 0 Å². The van der Waals surface area contributed by atoms with Crippen molar-refractivity contribution in [1.82, 2.24) is 4.98 Å². The van der Waals surface area contributed by atoms with Gasteiger partial charge in [-0.25, -0.2) is 4.36 Å². The Morgan fingerprint density at radius 3 is 2.71 bits per heavy atom. The van der Waals surface area contributed by atoms with Gasteiger partial charge >= 0.3 is 0 Å². The van der Waals surface area contributed by atoms with Crippen LogP contribution in [0.1, 0.15) is 37.6 Å². The van der Waals surface area contributed by atoms with Crippen molar-refractivity contribution in [3.05, 3.63) is 35.2 Å². The zero-order valence-corrected chi connectivity index (χ0v) is 12.1. The number of aryl methyl sites for hydroxylation is 1. The molecule has 0 saturated heterocycles. The molecule has 92 valence electrons. The topological polar surface area (TPSA) is 25.2 Å². The lowest BCUT2D eigenvalue weighted by Crippen LogP contribution is -2.20. The van der Waals surface area contributed by atoms with E-state index in [4.69, 9.17) is 4.36 Å². The highest BCUT2D eigenvalue weighted by Crippen LogP contribution is 2.29. The van der Waals surface area contributed by atoms with Gasteiger partial charge in [0.25, 0.3) is 0 Å². The fourth-order valence-corrected chi connectivity index (χ4v) is 2.45. The summed E-state index contributed by atoms with van der Waals surface area (Å²) in [6, 6.07) is 2.17. The van der Waals surface area contributed by atoms with Gasteiger partial charge in [0.1, 0.15) is 0 Å². The number of fused-ring (bicyclic) bond motifs is 1. The van der Waals surface area contributed by atoms with E-state index in [0.29, 0.717) is 0 Å². The molecule has 1 aromatic heterocycles. The van der Waals surface area contributed by atoms with E-state index in [1.165, 1.54) is 11.1 Å². The highest BCUT2D eigenvalue weighted by atomic mass is 32.2. The van der Waals surface area contributed by atoms with Gasteiger partial charge in [0.2, 0.25) is 0 Å². The highest BCUT2D eigenvalue weighted by Gasteiger charge is 2.17. The molecule has 0 aromatic carbocycles. The number of rotatable bonds is 1. The standard InChI is InChI=1S/C14H20N2S/c1-10-8-11-6-7-13(12(11)9-15-10)16-17(5)14(2,3)4/h7-9H,6H2,1-5H3. The van der Waals surface area contributed by atoms with Crippen molar-refractivity contribution in [1.29, 1.82) is 0 Å². The van der Waals surface area contributed by atoms with Gasteiger partial charge < -0.3 is 0 Å². The molecule has 1 unspecified atom stereocenters. The van der Waals surface area contributed by atoms with Crippen molar-refractivity contribution < 1.29 is 0 Å². The van der Waals surface area contributed by atoms with E-state index in [2.05, 4.69) is 44.2 Å². The molecule has 2 rings (SSSR count). The first-order valence-corrected chi connectivity index (χ1v) is 7.51. The smallest absolute Gasteiger partial charge is 0.0757 e. The number of aromatic nitrogens is 1. The molecule has 0 spiro atoms. The highest BCUT2D eigenvalue weighted by molar-refractivity contribution is 7.88. The number of hydrogen-bond donors (Lipinski definition) is 0. The number of hydrogen-bond acceptors (Lipinski definition) is 2. The quantitative estimate of drug-likeness (QED) is 0.746. The molecule has 0 amide bonds. The molecule has 1 atom stereocenters. The zero-order chi connectivity index (χ0) is 12.6. The number of nitrogens with zero attached hydrogens (tertiary/aromatic N) is 2. The van der Waals surface area contributed by atoms with Crippen LogP contribution in [0.3, 0.4) is 0 Å². The van der Waals surface area contributed by atoms with Crippen LogP contribution in [-0.4, -0.2) is 16.0 Å². The molecular formula is C14H20N2S. The second kappa shape index (κ2) is 4.37. The summed E-state index contributed by atoms with van der Waals surface area (Å²) < 4.78 is 5.10. The van der Waals surface area contributed by atoms with Gasteiger partial charge in [-0.3, -0.25) is 4.98 Å². The van der Waals surface area contributed by atoms with Crippen LogP contribution in [0.5, 0.6) is 0 Å². The van der Waals surface area contributed by atoms with Crippen molar-refractivity contribution >= 4 is 16.4 Å². The van der Waals surface area contributed by atoms with Crippen LogP contribution in [0.25, 0.3) is 5.70 Å². The number of allylic oxidation sites excluding steroid dienone is 1. The summed E-state index contributed by atoms with van der Waals surface area (Å²) in [4.78, 5) is 4.37. The molecule has 0 bridgehead atoms. The summed E-state index contributed by atoms with van der Waals surface area (Å²) >= 11 is 0. The Kier molecular flexibility index (Phi) is 3.21. The Bertz CT molecular complexity index is 507. The van der Waals surface area contributed by atoms with Crippen LogP contribution in [0, 0.1) is 6.92 Å². The van der Waals surface area contributed by atoms with Gasteiger partial charge in [0.15, 0.2) is 0 Å². The maximum atomic E-state index is 4.87. The Morgan fingerprint density at radius 2 is 2.06 bits per heavy atom. The largest absolute Gasteiger partial charge is 0.261 e. The van der Waals surface area contributed by atoms with E-state index in [9.17, 15) is 0 Å². The molecule has 1 aromatic rings. The maximum Gasteiger partial charge on any atom is 0.0757 e. The molecular weight excluding hydrogens is 228 g/mol. The minimum atomic E-state index is 0.0391. The lowest BCUT2D eigenvalue weighted by molar-refractivity contribution is 0.798. The van der Waals surface area contributed by atoms with Gasteiger partial charge in [-0.2, -0.15) is 0 Å². The Hall–Kier alpha value is -0.960. The number of pyridine rings is 1. The lowest BCUT2D eigenvalue weighted by atomic mass is 10.1. The van der Waals surface area contributed by atoms with E-state index in [1.807, 2.05) is 13.1 Å². The summed E-state index contributed by atoms with van der Waals surface area (Å²) in [5.41, 5.74) is 4.80. The Balaban J connectivity index is 2.35. The molecule has 1 heterocycles. The van der Waals surface area contributed by atoms with Gasteiger partial charge in [-0.15, -0.1) is 0 Å². The molecule has 0 aliphatic heterocycles. The predicted octanol–water partition coefficient (Wildman–Crippen LogP) is 3.52. The monoisotopic (exact) mass is 248 g/mol. The van der Waals surface area contributed by atoms with E-state index in [0.717, 1.165) is 17.8 Å². The van der Waals surface area contributed by atoms with Crippen LogP contribution in [-0.2, 0) is 17.1 Å². The first kappa shape index (κ1) is 12.5. The third-order valence-electron chi connectivity index (χ3n) is 3.04. The predicted molar refractivity (Wildman–Crippen MR) is 76.1 cm³/mol. The van der Waals surface area contributed by atoms with Crippen LogP contribution >= 0.6 is 0 Å². The second-order valence-electron chi connectivity index (χ2n) is 5.46. The van der Waals surface area contributed by atoms with E-state index in [1.54, 1.807) is 0 Å². The summed E-state index contributed by atoms with van der Waals surface area (Å²) in [7, 11) is 0.0391. The van der Waals surface area contributed by atoms with E-state index in [-0.39, 0.29) is 15.4 Å². The molecule has 17 heavy (non-hydrogen) atoms. The average molecular weight is 248 g/mol. The van der Waals surface area contributed by atoms with Crippen molar-refractivity contribution in [2.45, 2.75) is 38.9 Å². The minimum Gasteiger partial charge on any atom is -0.261 e. The van der Waals surface area contributed by atoms with Crippen molar-refractivity contribution in [2.24, 2.45) is 4.36 Å². The summed E-state index contributed by atoms with van der Waals surface area (Å²) in [6.45, 7) is 8.76. The first-order chi connectivity index (χ1) is 7.88. The van der Waals surface area contributed by atoms with Crippen LogP contribution in [0.15, 0.2) is 22.7 Å². The molecule has 1 aliphatic rings. The van der Waals surface area contributed by atoms with Gasteiger partial charge in [-0.1, -0.05) is 37.5 Å². The molecule has 1 aliphatic carbocycles. The van der Waals surface area contributed by atoms with Gasteiger partial charge in [0, 0.05) is 22.2 Å². The van der Waals surface area contributed by atoms with Crippen molar-refractivity contribution in [3.63, 3.8) is 0 Å². The third kappa shape index (κ3) is 2.65. The fourth-order valence-electron chi connectivity index (χ4n) is 1.70. The third-order valence-corrected chi connectivity index (χ3v) is 5.28. The lowest BCUT2D eigenvalue weighted by Gasteiger charge is -2.19. The first-order valence-electron chi connectivity index (χ1n) is 5.92. The summed E-state index contributed by atoms with van der Waals surface area (Å²) in [6.07, 6.45) is 7.40. The van der Waals surface area contributed by atoms with Crippen LogP contribution in [0.2, 0.25) is 0 Å².